The second-order valence-electron chi connectivity index (χ2n) is 1.72. The molecule has 3 nitrogen and oxygen atoms in total. The van der Waals surface area contributed by atoms with Crippen molar-refractivity contribution in [3.05, 3.63) is 41.0 Å². The number of hydrogen-bond acceptors (Lipinski definition) is 2. The highest BCUT2D eigenvalue weighted by atomic mass is 19.1. The van der Waals surface area contributed by atoms with Gasteiger partial charge in [-0.15, -0.1) is 0 Å². The van der Waals surface area contributed by atoms with Gasteiger partial charge < -0.3 is 5.02 Å². The molecule has 6 heteroatoms. The van der Waals surface area contributed by atoms with Crippen LogP contribution in [0.2, 0.25) is 0 Å². The van der Waals surface area contributed by atoms with Crippen molar-refractivity contribution in [1.29, 1.82) is 5.39 Å². The molecule has 0 amide bonds. The average molecular weight is 171 g/mol. The molecule has 0 aliphatic rings. The van der Waals surface area contributed by atoms with E-state index in [1.807, 2.05) is 0 Å². The summed E-state index contributed by atoms with van der Waals surface area (Å²) >= 11 is 0. The Morgan fingerprint density at radius 2 is 1.75 bits per heavy atom. The van der Waals surface area contributed by atoms with Gasteiger partial charge in [-0.25, -0.2) is 8.71 Å². The number of halogens is 2. The second-order valence-corrected chi connectivity index (χ2v) is 1.72. The first-order chi connectivity index (χ1) is 5.66. The van der Waals surface area contributed by atoms with E-state index in [1.165, 1.54) is 12.1 Å². The minimum Gasteiger partial charge on any atom is -0.340 e. The summed E-state index contributed by atoms with van der Waals surface area (Å²) in [5, 5.41) is 14.4. The first-order valence-corrected chi connectivity index (χ1v) is 3.03. The molecule has 1 aromatic carbocycles. The lowest BCUT2D eigenvalue weighted by molar-refractivity contribution is 0.511. The van der Waals surface area contributed by atoms with E-state index in [-0.39, 0.29) is 5.82 Å². The predicted octanol–water partition coefficient (Wildman–Crippen LogP) is 1.61. The molecule has 0 bridgehead atoms. The highest BCUT2D eigenvalue weighted by Gasteiger charge is 2.32. The molecule has 1 rings (SSSR count). The molecule has 0 fully saturated rings. The van der Waals surface area contributed by atoms with Crippen LogP contribution in [-0.4, -0.2) is 12.4 Å². The lowest BCUT2D eigenvalue weighted by Gasteiger charge is -1.78. The van der Waals surface area contributed by atoms with Gasteiger partial charge >= 0.3 is 7.33 Å². The highest BCUT2D eigenvalue weighted by molar-refractivity contribution is 6.45. The van der Waals surface area contributed by atoms with Crippen molar-refractivity contribution in [2.45, 2.75) is 0 Å². The third-order valence-electron chi connectivity index (χ3n) is 0.828. The van der Waals surface area contributed by atoms with Crippen molar-refractivity contribution in [3.63, 3.8) is 0 Å². The van der Waals surface area contributed by atoms with Gasteiger partial charge in [-0.05, 0) is 12.1 Å². The van der Waals surface area contributed by atoms with Crippen molar-refractivity contribution < 1.29 is 13.7 Å². The van der Waals surface area contributed by atoms with E-state index in [0.29, 0.717) is 0 Å². The summed E-state index contributed by atoms with van der Waals surface area (Å²) < 4.78 is 22.5. The lowest BCUT2D eigenvalue weighted by atomic mass is 10.3. The Balaban J connectivity index is 0.000000217. The third-order valence-corrected chi connectivity index (χ3v) is 0.828. The van der Waals surface area contributed by atoms with Gasteiger partial charge in [0.25, 0.3) is 0 Å². The van der Waals surface area contributed by atoms with Gasteiger partial charge in [0.2, 0.25) is 0 Å². The quantitative estimate of drug-likeness (QED) is 0.476. The number of benzene rings is 1. The van der Waals surface area contributed by atoms with Crippen LogP contribution in [0.1, 0.15) is 0 Å². The Labute approximate surface area is 68.5 Å². The van der Waals surface area contributed by atoms with E-state index >= 15 is 0 Å². The van der Waals surface area contributed by atoms with Crippen molar-refractivity contribution in [1.82, 2.24) is 0 Å². The molecule has 0 aliphatic carbocycles. The highest BCUT2D eigenvalue weighted by Crippen LogP contribution is 1.91. The van der Waals surface area contributed by atoms with E-state index in [2.05, 4.69) is 0 Å². The smallest absolute Gasteiger partial charge is 0.340 e. The molecule has 12 heavy (non-hydrogen) atoms. The zero-order chi connectivity index (χ0) is 9.40. The van der Waals surface area contributed by atoms with Crippen LogP contribution in [0.4, 0.5) is 8.71 Å². The maximum atomic E-state index is 11.9. The molecular weight excluding hydrogens is 165 g/mol. The Kier molecular flexibility index (Phi) is 5.48. The Morgan fingerprint density at radius 3 is 1.92 bits per heavy atom. The van der Waals surface area contributed by atoms with E-state index < -0.39 is 7.33 Å². The van der Waals surface area contributed by atoms with Crippen LogP contribution in [0.25, 0.3) is 4.89 Å². The summed E-state index contributed by atoms with van der Waals surface area (Å²) in [6.45, 7) is 0. The van der Waals surface area contributed by atoms with Gasteiger partial charge in [-0.1, -0.05) is 18.2 Å². The SMILES string of the molecule is Fc1ccccc1.N#[N+]B(O)F. The molecule has 1 aromatic rings. The average Bonchev–Trinajstić information content (AvgIpc) is 2.07. The number of nitrogens with zero attached hydrogens (tertiary/aromatic N) is 2. The third kappa shape index (κ3) is 6.64. The van der Waals surface area contributed by atoms with Crippen molar-refractivity contribution in [3.8, 4) is 0 Å². The first kappa shape index (κ1) is 10.5. The Hall–Kier alpha value is -1.48. The largest absolute Gasteiger partial charge is 1.07 e. The molecule has 0 heterocycles. The molecule has 0 saturated carbocycles. The van der Waals surface area contributed by atoms with Crippen LogP contribution in [0.3, 0.4) is 0 Å². The van der Waals surface area contributed by atoms with Crippen LogP contribution in [0.15, 0.2) is 30.3 Å². The minimum atomic E-state index is -2.44. The Morgan fingerprint density at radius 1 is 1.33 bits per heavy atom. The van der Waals surface area contributed by atoms with E-state index in [9.17, 15) is 8.71 Å². The number of hydrogen-bond donors (Lipinski definition) is 1. The van der Waals surface area contributed by atoms with Crippen LogP contribution in [0.5, 0.6) is 0 Å². The van der Waals surface area contributed by atoms with E-state index in [1.54, 1.807) is 23.1 Å². The molecule has 62 valence electrons. The normalized spacial score (nSPS) is 7.50. The van der Waals surface area contributed by atoms with E-state index in [0.717, 1.165) is 0 Å². The maximum absolute atomic E-state index is 11.9. The van der Waals surface area contributed by atoms with Crippen LogP contribution >= 0.6 is 0 Å². The van der Waals surface area contributed by atoms with Gasteiger partial charge in [0, 0.05) is 0 Å². The maximum Gasteiger partial charge on any atom is 1.07 e. The molecule has 0 atom stereocenters. The molecule has 0 aliphatic heterocycles. The fourth-order valence-corrected chi connectivity index (χ4v) is 0.415. The lowest BCUT2D eigenvalue weighted by Crippen LogP contribution is -1.91. The summed E-state index contributed by atoms with van der Waals surface area (Å²) in [7, 11) is -2.44. The van der Waals surface area contributed by atoms with E-state index in [4.69, 9.17) is 10.4 Å². The van der Waals surface area contributed by atoms with Crippen molar-refractivity contribution in [2.75, 3.05) is 0 Å². The topological polar surface area (TPSA) is 48.4 Å². The summed E-state index contributed by atoms with van der Waals surface area (Å²) in [6, 6.07) is 7.94. The van der Waals surface area contributed by atoms with Gasteiger partial charge in [-0.2, -0.15) is 0 Å². The van der Waals surface area contributed by atoms with Gasteiger partial charge in [-0.3, -0.25) is 0 Å². The first-order valence-electron chi connectivity index (χ1n) is 3.03. The van der Waals surface area contributed by atoms with Gasteiger partial charge in [0.1, 0.15) is 5.82 Å². The fourth-order valence-electron chi connectivity index (χ4n) is 0.415. The zero-order valence-electron chi connectivity index (χ0n) is 6.06. The summed E-state index contributed by atoms with van der Waals surface area (Å²) in [4.78, 5) is 1.78. The minimum absolute atomic E-state index is 0.178. The molecule has 0 spiro atoms. The van der Waals surface area contributed by atoms with Crippen LogP contribution < -0.4 is 0 Å². The second kappa shape index (κ2) is 6.25. The molecule has 0 saturated heterocycles. The fraction of sp³-hybridized carbons (Fsp3) is 0. The number of diazo groups is 1. The molecule has 0 unspecified atom stereocenters. The zero-order valence-corrected chi connectivity index (χ0v) is 6.06. The molecule has 0 radical (unpaired) electrons. The molecular formula is C6H6BF2N2O+. The monoisotopic (exact) mass is 171 g/mol. The Bertz CT molecular complexity index is 249. The summed E-state index contributed by atoms with van der Waals surface area (Å²) in [6.07, 6.45) is 0. The van der Waals surface area contributed by atoms with Crippen molar-refractivity contribution >= 4 is 7.33 Å². The summed E-state index contributed by atoms with van der Waals surface area (Å²) in [5.41, 5.74) is 0. The van der Waals surface area contributed by atoms with Crippen molar-refractivity contribution in [2.24, 2.45) is 0 Å². The molecule has 1 N–H and O–H groups in total. The van der Waals surface area contributed by atoms with Gasteiger partial charge in [0.05, 0.1) is 4.89 Å². The predicted molar refractivity (Wildman–Crippen MR) is 40.6 cm³/mol. The van der Waals surface area contributed by atoms with Crippen LogP contribution in [-0.2, 0) is 0 Å². The van der Waals surface area contributed by atoms with Gasteiger partial charge in [0.15, 0.2) is 5.39 Å². The van der Waals surface area contributed by atoms with Crippen LogP contribution in [0, 0.1) is 11.2 Å². The standard InChI is InChI=1S/C6H5F.BFHN2O/c7-6-4-2-1-3-5-6;2-1(5)4-3/h1-5H;5H/q;+1. The summed E-state index contributed by atoms with van der Waals surface area (Å²) in [5.74, 6) is -0.178. The molecule has 0 aromatic heterocycles. The number of rotatable bonds is 0.